The van der Waals surface area contributed by atoms with Gasteiger partial charge < -0.3 is 21.3 Å². The van der Waals surface area contributed by atoms with E-state index >= 15 is 0 Å². The first-order valence-electron chi connectivity index (χ1n) is 11.3. The Morgan fingerprint density at radius 3 is 2.78 bits per heavy atom. The van der Waals surface area contributed by atoms with Crippen molar-refractivity contribution in [3.05, 3.63) is 35.8 Å². The fourth-order valence-electron chi connectivity index (χ4n) is 5.52. The molecule has 2 bridgehead atoms. The normalized spacial score (nSPS) is 27.2. The monoisotopic (exact) mass is 439 g/mol. The number of nitrogens with zero attached hydrogens (tertiary/aromatic N) is 4. The Hall–Kier alpha value is -2.94. The minimum Gasteiger partial charge on any atom is -0.369 e. The average molecular weight is 440 g/mol. The standard InChI is InChI=1S/C23H30FN7O/c1-13-8-14(6-7-20(13)31-12-15-9-16(31)11-30(15)2)27-23-26-10-18(24)22(29-23)28-19-5-3-4-17(19)21(25)32/h6-8,10,15-17,19H,3-5,9,11-12H2,1-2H3,(H2,25,32)(H2,26,27,28,29). The van der Waals surface area contributed by atoms with Gasteiger partial charge >= 0.3 is 0 Å². The van der Waals surface area contributed by atoms with Crippen molar-refractivity contribution in [1.29, 1.82) is 0 Å². The Bertz CT molecular complexity index is 1030. The number of carbonyl (C=O) groups excluding carboxylic acids is 1. The molecule has 1 aromatic carbocycles. The minimum absolute atomic E-state index is 0.0891. The Balaban J connectivity index is 1.30. The van der Waals surface area contributed by atoms with Crippen LogP contribution in [0, 0.1) is 18.7 Å². The average Bonchev–Trinajstić information content (AvgIpc) is 3.46. The maximum atomic E-state index is 14.3. The molecule has 0 radical (unpaired) electrons. The molecule has 1 saturated carbocycles. The zero-order chi connectivity index (χ0) is 22.4. The molecule has 1 aliphatic carbocycles. The third-order valence-electron chi connectivity index (χ3n) is 7.22. The van der Waals surface area contributed by atoms with Gasteiger partial charge in [0.1, 0.15) is 0 Å². The number of likely N-dealkylation sites (N-methyl/N-ethyl adjacent to an activating group) is 1. The van der Waals surface area contributed by atoms with Crippen LogP contribution in [0.1, 0.15) is 31.2 Å². The summed E-state index contributed by atoms with van der Waals surface area (Å²) in [5.41, 5.74) is 8.78. The first-order valence-corrected chi connectivity index (χ1v) is 11.3. The molecule has 2 saturated heterocycles. The highest BCUT2D eigenvalue weighted by molar-refractivity contribution is 5.78. The first kappa shape index (κ1) is 20.9. The molecule has 2 aromatic rings. The number of likely N-dealkylation sites (tertiary alicyclic amines) is 1. The number of halogens is 1. The van der Waals surface area contributed by atoms with Crippen LogP contribution >= 0.6 is 0 Å². The van der Waals surface area contributed by atoms with Crippen LogP contribution in [0.4, 0.5) is 27.5 Å². The molecule has 4 N–H and O–H groups in total. The second kappa shape index (κ2) is 8.20. The molecule has 3 aliphatic rings. The van der Waals surface area contributed by atoms with E-state index in [0.717, 1.165) is 37.8 Å². The highest BCUT2D eigenvalue weighted by atomic mass is 19.1. The topological polar surface area (TPSA) is 99.4 Å². The van der Waals surface area contributed by atoms with Crippen molar-refractivity contribution in [3.8, 4) is 0 Å². The number of fused-ring (bicyclic) bond motifs is 2. The molecule has 8 nitrogen and oxygen atoms in total. The van der Waals surface area contributed by atoms with Crippen LogP contribution in [-0.4, -0.2) is 59.0 Å². The number of amides is 1. The van der Waals surface area contributed by atoms with E-state index in [1.54, 1.807) is 0 Å². The highest BCUT2D eigenvalue weighted by Gasteiger charge is 2.41. The van der Waals surface area contributed by atoms with Crippen LogP contribution in [0.3, 0.4) is 0 Å². The van der Waals surface area contributed by atoms with Gasteiger partial charge in [0.15, 0.2) is 11.6 Å². The molecule has 9 heteroatoms. The summed E-state index contributed by atoms with van der Waals surface area (Å²) in [6, 6.07) is 7.24. The SMILES string of the molecule is Cc1cc(Nc2ncc(F)c(NC3CCCC3C(N)=O)n2)ccc1N1CC2CC1CN2C. The molecule has 1 amide bonds. The number of aryl methyl sites for hydroxylation is 1. The quantitative estimate of drug-likeness (QED) is 0.636. The summed E-state index contributed by atoms with van der Waals surface area (Å²) in [4.78, 5) is 25.0. The fourth-order valence-corrected chi connectivity index (χ4v) is 5.52. The van der Waals surface area contributed by atoms with Crippen LogP contribution in [0.15, 0.2) is 24.4 Å². The second-order valence-corrected chi connectivity index (χ2v) is 9.34. The summed E-state index contributed by atoms with van der Waals surface area (Å²) >= 11 is 0. The van der Waals surface area contributed by atoms with E-state index in [4.69, 9.17) is 5.73 Å². The lowest BCUT2D eigenvalue weighted by Gasteiger charge is -2.34. The number of primary amides is 1. The molecule has 2 aliphatic heterocycles. The number of anilines is 4. The summed E-state index contributed by atoms with van der Waals surface area (Å²) in [7, 11) is 2.20. The van der Waals surface area contributed by atoms with Gasteiger partial charge in [0.25, 0.3) is 0 Å². The van der Waals surface area contributed by atoms with Crippen LogP contribution in [0.25, 0.3) is 0 Å². The predicted molar refractivity (Wildman–Crippen MR) is 123 cm³/mol. The van der Waals surface area contributed by atoms with Gasteiger partial charge in [-0.2, -0.15) is 4.98 Å². The van der Waals surface area contributed by atoms with E-state index in [1.165, 1.54) is 17.7 Å². The molecule has 1 aromatic heterocycles. The molecule has 0 spiro atoms. The van der Waals surface area contributed by atoms with Gasteiger partial charge in [0, 0.05) is 42.6 Å². The number of nitrogens with one attached hydrogen (secondary N) is 2. The fraction of sp³-hybridized carbons (Fsp3) is 0.522. The lowest BCUT2D eigenvalue weighted by molar-refractivity contribution is -0.121. The maximum Gasteiger partial charge on any atom is 0.229 e. The molecule has 3 fully saturated rings. The summed E-state index contributed by atoms with van der Waals surface area (Å²) in [5.74, 6) is -0.827. The molecule has 4 unspecified atom stereocenters. The first-order chi connectivity index (χ1) is 15.4. The molecular formula is C23H30FN7O. The summed E-state index contributed by atoms with van der Waals surface area (Å²) < 4.78 is 14.3. The summed E-state index contributed by atoms with van der Waals surface area (Å²) in [5, 5.41) is 6.25. The van der Waals surface area contributed by atoms with Gasteiger partial charge in [-0.15, -0.1) is 0 Å². The van der Waals surface area contributed by atoms with E-state index in [1.807, 2.05) is 6.07 Å². The molecule has 170 valence electrons. The Morgan fingerprint density at radius 2 is 2.09 bits per heavy atom. The summed E-state index contributed by atoms with van der Waals surface area (Å²) in [6.07, 6.45) is 4.72. The van der Waals surface area contributed by atoms with Gasteiger partial charge in [0.2, 0.25) is 11.9 Å². The van der Waals surface area contributed by atoms with E-state index in [2.05, 4.69) is 56.5 Å². The smallest absolute Gasteiger partial charge is 0.229 e. The number of nitrogens with two attached hydrogens (primary N) is 1. The lowest BCUT2D eigenvalue weighted by Crippen LogP contribution is -2.44. The van der Waals surface area contributed by atoms with Crippen molar-refractivity contribution in [2.75, 3.05) is 35.7 Å². The van der Waals surface area contributed by atoms with Crippen molar-refractivity contribution in [2.24, 2.45) is 11.7 Å². The number of aromatic nitrogens is 2. The van der Waals surface area contributed by atoms with Crippen LogP contribution in [0.5, 0.6) is 0 Å². The number of rotatable bonds is 6. The Kier molecular flexibility index (Phi) is 5.36. The number of hydrogen-bond acceptors (Lipinski definition) is 7. The van der Waals surface area contributed by atoms with Gasteiger partial charge in [-0.3, -0.25) is 9.69 Å². The van der Waals surface area contributed by atoms with Gasteiger partial charge in [-0.25, -0.2) is 9.37 Å². The van der Waals surface area contributed by atoms with E-state index in [0.29, 0.717) is 24.5 Å². The second-order valence-electron chi connectivity index (χ2n) is 9.34. The molecule has 3 heterocycles. The van der Waals surface area contributed by atoms with Crippen molar-refractivity contribution in [2.45, 2.75) is 50.7 Å². The van der Waals surface area contributed by atoms with Crippen molar-refractivity contribution in [3.63, 3.8) is 0 Å². The third kappa shape index (κ3) is 3.85. The zero-order valence-electron chi connectivity index (χ0n) is 18.5. The molecule has 32 heavy (non-hydrogen) atoms. The number of hydrogen-bond donors (Lipinski definition) is 3. The maximum absolute atomic E-state index is 14.3. The van der Waals surface area contributed by atoms with Gasteiger partial charge in [-0.1, -0.05) is 6.42 Å². The number of piperazine rings is 1. The van der Waals surface area contributed by atoms with Crippen LogP contribution in [-0.2, 0) is 4.79 Å². The summed E-state index contributed by atoms with van der Waals surface area (Å²) in [6.45, 7) is 4.29. The highest BCUT2D eigenvalue weighted by Crippen LogP contribution is 2.36. The number of benzene rings is 1. The van der Waals surface area contributed by atoms with Gasteiger partial charge in [0.05, 0.1) is 12.1 Å². The largest absolute Gasteiger partial charge is 0.369 e. The minimum atomic E-state index is -0.550. The zero-order valence-corrected chi connectivity index (χ0v) is 18.5. The van der Waals surface area contributed by atoms with E-state index < -0.39 is 5.82 Å². The number of carbonyl (C=O) groups is 1. The van der Waals surface area contributed by atoms with Crippen molar-refractivity contribution >= 4 is 29.0 Å². The van der Waals surface area contributed by atoms with E-state index in [9.17, 15) is 9.18 Å². The molecule has 5 rings (SSSR count). The van der Waals surface area contributed by atoms with Gasteiger partial charge in [-0.05, 0) is 57.0 Å². The molecule has 4 atom stereocenters. The Morgan fingerprint density at radius 1 is 1.25 bits per heavy atom. The van der Waals surface area contributed by atoms with Crippen molar-refractivity contribution < 1.29 is 9.18 Å². The Labute approximate surface area is 187 Å². The van der Waals surface area contributed by atoms with E-state index in [-0.39, 0.29) is 23.7 Å². The predicted octanol–water partition coefficient (Wildman–Crippen LogP) is 2.63. The van der Waals surface area contributed by atoms with Crippen LogP contribution < -0.4 is 21.3 Å². The van der Waals surface area contributed by atoms with Crippen molar-refractivity contribution in [1.82, 2.24) is 14.9 Å². The lowest BCUT2D eigenvalue weighted by atomic mass is 10.0. The molecular weight excluding hydrogens is 409 g/mol. The van der Waals surface area contributed by atoms with Crippen LogP contribution in [0.2, 0.25) is 0 Å². The third-order valence-corrected chi connectivity index (χ3v) is 7.22.